The van der Waals surface area contributed by atoms with Crippen LogP contribution < -0.4 is 5.73 Å². The van der Waals surface area contributed by atoms with Crippen LogP contribution in [0, 0.1) is 0 Å². The molecule has 0 spiro atoms. The van der Waals surface area contributed by atoms with Crippen molar-refractivity contribution in [2.24, 2.45) is 0 Å². The molecule has 1 atom stereocenters. The van der Waals surface area contributed by atoms with Crippen LogP contribution in [0.4, 0.5) is 5.69 Å². The molecular weight excluding hydrogens is 248 g/mol. The Hall–Kier alpha value is -2.29. The smallest absolute Gasteiger partial charge is 0.255 e. The van der Waals surface area contributed by atoms with Crippen molar-refractivity contribution in [1.29, 1.82) is 0 Å². The second-order valence-electron chi connectivity index (χ2n) is 5.23. The van der Waals surface area contributed by atoms with Crippen molar-refractivity contribution in [3.05, 3.63) is 65.7 Å². The van der Waals surface area contributed by atoms with E-state index in [9.17, 15) is 4.79 Å². The van der Waals surface area contributed by atoms with E-state index in [-0.39, 0.29) is 5.91 Å². The summed E-state index contributed by atoms with van der Waals surface area (Å²) in [7, 11) is 0. The van der Waals surface area contributed by atoms with Gasteiger partial charge in [-0.05, 0) is 24.1 Å². The van der Waals surface area contributed by atoms with E-state index in [2.05, 4.69) is 24.3 Å². The van der Waals surface area contributed by atoms with Crippen LogP contribution >= 0.6 is 0 Å². The summed E-state index contributed by atoms with van der Waals surface area (Å²) in [5.41, 5.74) is 8.36. The highest BCUT2D eigenvalue weighted by atomic mass is 16.2. The third-order valence-electron chi connectivity index (χ3n) is 3.94. The number of nitrogens with two attached hydrogens (primary N) is 1. The molecule has 1 heterocycles. The summed E-state index contributed by atoms with van der Waals surface area (Å²) < 4.78 is 0. The highest BCUT2D eigenvalue weighted by molar-refractivity contribution is 5.99. The topological polar surface area (TPSA) is 46.3 Å². The summed E-state index contributed by atoms with van der Waals surface area (Å²) in [4.78, 5) is 14.4. The number of hydrogen-bond acceptors (Lipinski definition) is 2. The number of amides is 1. The predicted octanol–water partition coefficient (Wildman–Crippen LogP) is 2.90. The number of carbonyl (C=O) groups excluding carboxylic acids is 1. The number of nitrogen functional groups attached to an aromatic ring is 1. The molecular formula is C17H18N2O. The number of para-hydroxylation sites is 1. The zero-order valence-electron chi connectivity index (χ0n) is 11.3. The third kappa shape index (κ3) is 2.39. The summed E-state index contributed by atoms with van der Waals surface area (Å²) in [5, 5.41) is 0. The number of rotatable bonds is 2. The normalized spacial score (nSPS) is 18.2. The molecule has 1 unspecified atom stereocenters. The maximum absolute atomic E-state index is 12.5. The van der Waals surface area contributed by atoms with Crippen molar-refractivity contribution in [3.8, 4) is 0 Å². The highest BCUT2D eigenvalue weighted by Gasteiger charge is 2.28. The monoisotopic (exact) mass is 266 g/mol. The van der Waals surface area contributed by atoms with E-state index in [0.717, 1.165) is 19.5 Å². The molecule has 0 aromatic heterocycles. The van der Waals surface area contributed by atoms with Crippen molar-refractivity contribution in [1.82, 2.24) is 4.90 Å². The van der Waals surface area contributed by atoms with Gasteiger partial charge in [0.05, 0.1) is 5.56 Å². The summed E-state index contributed by atoms with van der Waals surface area (Å²) >= 11 is 0. The van der Waals surface area contributed by atoms with E-state index in [0.29, 0.717) is 17.2 Å². The van der Waals surface area contributed by atoms with Gasteiger partial charge in [0.2, 0.25) is 0 Å². The first-order valence-corrected chi connectivity index (χ1v) is 6.94. The molecule has 0 radical (unpaired) electrons. The first kappa shape index (κ1) is 12.7. The lowest BCUT2D eigenvalue weighted by Gasteiger charge is -2.17. The van der Waals surface area contributed by atoms with Gasteiger partial charge < -0.3 is 10.6 Å². The van der Waals surface area contributed by atoms with Crippen LogP contribution in [0.1, 0.15) is 28.3 Å². The Kier molecular flexibility index (Phi) is 3.42. The van der Waals surface area contributed by atoms with Crippen molar-refractivity contribution in [2.45, 2.75) is 12.3 Å². The van der Waals surface area contributed by atoms with Crippen LogP contribution in [0.2, 0.25) is 0 Å². The number of benzene rings is 2. The lowest BCUT2D eigenvalue weighted by atomic mass is 9.99. The Morgan fingerprint density at radius 3 is 2.50 bits per heavy atom. The quantitative estimate of drug-likeness (QED) is 0.850. The molecule has 102 valence electrons. The molecule has 1 saturated heterocycles. The minimum Gasteiger partial charge on any atom is -0.398 e. The number of carbonyl (C=O) groups is 1. The molecule has 0 bridgehead atoms. The van der Waals surface area contributed by atoms with E-state index >= 15 is 0 Å². The Labute approximate surface area is 119 Å². The van der Waals surface area contributed by atoms with Gasteiger partial charge in [-0.3, -0.25) is 4.79 Å². The molecule has 2 aromatic rings. The van der Waals surface area contributed by atoms with Crippen LogP contribution in [0.3, 0.4) is 0 Å². The third-order valence-corrected chi connectivity index (χ3v) is 3.94. The maximum atomic E-state index is 12.5. The predicted molar refractivity (Wildman–Crippen MR) is 80.6 cm³/mol. The van der Waals surface area contributed by atoms with E-state index in [1.54, 1.807) is 12.1 Å². The van der Waals surface area contributed by atoms with Gasteiger partial charge in [-0.15, -0.1) is 0 Å². The molecule has 1 amide bonds. The average Bonchev–Trinajstić information content (AvgIpc) is 2.98. The molecule has 3 rings (SSSR count). The van der Waals surface area contributed by atoms with E-state index in [1.807, 2.05) is 23.1 Å². The van der Waals surface area contributed by atoms with E-state index in [4.69, 9.17) is 5.73 Å². The lowest BCUT2D eigenvalue weighted by Crippen LogP contribution is -2.29. The van der Waals surface area contributed by atoms with Crippen LogP contribution in [-0.4, -0.2) is 23.9 Å². The highest BCUT2D eigenvalue weighted by Crippen LogP contribution is 2.28. The zero-order chi connectivity index (χ0) is 13.9. The minimum absolute atomic E-state index is 0.0431. The van der Waals surface area contributed by atoms with Crippen molar-refractivity contribution in [2.75, 3.05) is 18.8 Å². The van der Waals surface area contributed by atoms with Gasteiger partial charge in [-0.1, -0.05) is 42.5 Å². The van der Waals surface area contributed by atoms with Gasteiger partial charge in [-0.2, -0.15) is 0 Å². The Morgan fingerprint density at radius 1 is 1.05 bits per heavy atom. The van der Waals surface area contributed by atoms with Crippen LogP contribution in [0.25, 0.3) is 0 Å². The lowest BCUT2D eigenvalue weighted by molar-refractivity contribution is 0.0792. The van der Waals surface area contributed by atoms with Gasteiger partial charge in [0.15, 0.2) is 0 Å². The Balaban J connectivity index is 1.75. The molecule has 1 aliphatic heterocycles. The summed E-state index contributed by atoms with van der Waals surface area (Å²) in [6.45, 7) is 1.57. The number of likely N-dealkylation sites (tertiary alicyclic amines) is 1. The first-order chi connectivity index (χ1) is 9.75. The van der Waals surface area contributed by atoms with E-state index in [1.165, 1.54) is 5.56 Å². The number of nitrogens with zero attached hydrogens (tertiary/aromatic N) is 1. The van der Waals surface area contributed by atoms with Crippen molar-refractivity contribution < 1.29 is 4.79 Å². The molecule has 3 heteroatoms. The number of hydrogen-bond donors (Lipinski definition) is 1. The Bertz CT molecular complexity index is 609. The van der Waals surface area contributed by atoms with Crippen LogP contribution in [0.15, 0.2) is 54.6 Å². The molecule has 3 nitrogen and oxygen atoms in total. The van der Waals surface area contributed by atoms with Crippen molar-refractivity contribution >= 4 is 11.6 Å². The molecule has 0 aliphatic carbocycles. The molecule has 1 aliphatic rings. The first-order valence-electron chi connectivity index (χ1n) is 6.94. The summed E-state index contributed by atoms with van der Waals surface area (Å²) in [5.74, 6) is 0.478. The van der Waals surface area contributed by atoms with Crippen LogP contribution in [-0.2, 0) is 0 Å². The standard InChI is InChI=1S/C17H18N2O/c18-16-9-5-4-8-15(16)17(20)19-11-10-14(12-19)13-6-2-1-3-7-13/h1-9,14H,10-12,18H2. The minimum atomic E-state index is 0.0431. The fourth-order valence-corrected chi connectivity index (χ4v) is 2.80. The number of anilines is 1. The van der Waals surface area contributed by atoms with Crippen LogP contribution in [0.5, 0.6) is 0 Å². The van der Waals surface area contributed by atoms with Crippen molar-refractivity contribution in [3.63, 3.8) is 0 Å². The second kappa shape index (κ2) is 5.37. The summed E-state index contributed by atoms with van der Waals surface area (Å²) in [6.07, 6.45) is 1.02. The van der Waals surface area contributed by atoms with Gasteiger partial charge in [0.1, 0.15) is 0 Å². The molecule has 2 aromatic carbocycles. The SMILES string of the molecule is Nc1ccccc1C(=O)N1CCC(c2ccccc2)C1. The molecule has 2 N–H and O–H groups in total. The fraction of sp³-hybridized carbons (Fsp3) is 0.235. The fourth-order valence-electron chi connectivity index (χ4n) is 2.80. The van der Waals surface area contributed by atoms with Gasteiger partial charge in [-0.25, -0.2) is 0 Å². The molecule has 20 heavy (non-hydrogen) atoms. The summed E-state index contributed by atoms with van der Waals surface area (Å²) in [6, 6.07) is 17.7. The van der Waals surface area contributed by atoms with Gasteiger partial charge >= 0.3 is 0 Å². The average molecular weight is 266 g/mol. The molecule has 0 saturated carbocycles. The second-order valence-corrected chi connectivity index (χ2v) is 5.23. The Morgan fingerprint density at radius 2 is 1.75 bits per heavy atom. The van der Waals surface area contributed by atoms with E-state index < -0.39 is 0 Å². The van der Waals surface area contributed by atoms with Gasteiger partial charge in [0.25, 0.3) is 5.91 Å². The molecule has 1 fully saturated rings. The maximum Gasteiger partial charge on any atom is 0.255 e. The van der Waals surface area contributed by atoms with Gasteiger partial charge in [0, 0.05) is 24.7 Å². The largest absolute Gasteiger partial charge is 0.398 e. The zero-order valence-corrected chi connectivity index (χ0v) is 11.3.